The van der Waals surface area contributed by atoms with Crippen LogP contribution in [0.25, 0.3) is 0 Å². The fourth-order valence-corrected chi connectivity index (χ4v) is 1.63. The second-order valence-corrected chi connectivity index (χ2v) is 3.81. The van der Waals surface area contributed by atoms with Gasteiger partial charge in [0.05, 0.1) is 5.71 Å². The van der Waals surface area contributed by atoms with Crippen molar-refractivity contribution in [2.24, 2.45) is 28.0 Å². The molecule has 60 valence electrons. The maximum atomic E-state index is 4.16. The zero-order valence-electron chi connectivity index (χ0n) is 7.12. The van der Waals surface area contributed by atoms with Crippen molar-refractivity contribution in [1.82, 2.24) is 0 Å². The van der Waals surface area contributed by atoms with Gasteiger partial charge in [0.1, 0.15) is 0 Å². The lowest BCUT2D eigenvalue weighted by Crippen LogP contribution is -2.19. The van der Waals surface area contributed by atoms with E-state index in [1.807, 2.05) is 6.21 Å². The molecule has 0 amide bonds. The molecule has 0 spiro atoms. The number of hydrogen-bond donors (Lipinski definition) is 0. The van der Waals surface area contributed by atoms with Crippen LogP contribution in [0, 0.1) is 17.8 Å². The van der Waals surface area contributed by atoms with E-state index in [1.54, 1.807) is 0 Å². The number of nitrogens with zero attached hydrogens (tertiary/aromatic N) is 2. The lowest BCUT2D eigenvalue weighted by Gasteiger charge is -2.11. The van der Waals surface area contributed by atoms with Gasteiger partial charge in [-0.15, -0.1) is 0 Å². The predicted molar refractivity (Wildman–Crippen MR) is 47.0 cm³/mol. The minimum absolute atomic E-state index is 0.572. The third kappa shape index (κ3) is 1.22. The number of hydrogen-bond acceptors (Lipinski definition) is 2. The van der Waals surface area contributed by atoms with Crippen LogP contribution in [0.5, 0.6) is 0 Å². The minimum Gasteiger partial charge on any atom is -0.163 e. The smallest absolute Gasteiger partial charge is 0.0518 e. The van der Waals surface area contributed by atoms with Crippen molar-refractivity contribution < 1.29 is 0 Å². The van der Waals surface area contributed by atoms with Crippen molar-refractivity contribution >= 4 is 11.9 Å². The van der Waals surface area contributed by atoms with Crippen molar-refractivity contribution in [2.45, 2.75) is 26.7 Å². The molecule has 2 rings (SSSR count). The Bertz CT molecular complexity index is 212. The molecule has 0 radical (unpaired) electrons. The molecular formula is C9H14N2. The van der Waals surface area contributed by atoms with Crippen molar-refractivity contribution in [3.63, 3.8) is 0 Å². The molecule has 1 aliphatic heterocycles. The van der Waals surface area contributed by atoms with Crippen LogP contribution in [-0.2, 0) is 0 Å². The van der Waals surface area contributed by atoms with Crippen LogP contribution in [0.15, 0.2) is 10.2 Å². The van der Waals surface area contributed by atoms with E-state index in [1.165, 1.54) is 18.6 Å². The summed E-state index contributed by atoms with van der Waals surface area (Å²) < 4.78 is 0. The van der Waals surface area contributed by atoms with Gasteiger partial charge in [-0.2, -0.15) is 10.2 Å². The van der Waals surface area contributed by atoms with Crippen molar-refractivity contribution in [1.29, 1.82) is 0 Å². The first-order chi connectivity index (χ1) is 5.29. The highest BCUT2D eigenvalue weighted by Crippen LogP contribution is 2.39. The van der Waals surface area contributed by atoms with E-state index < -0.39 is 0 Å². The summed E-state index contributed by atoms with van der Waals surface area (Å²) in [6.45, 7) is 4.39. The maximum Gasteiger partial charge on any atom is 0.0518 e. The minimum atomic E-state index is 0.572. The molecule has 0 N–H and O–H groups in total. The van der Waals surface area contributed by atoms with Gasteiger partial charge in [-0.25, -0.2) is 0 Å². The van der Waals surface area contributed by atoms with Crippen LogP contribution in [0.3, 0.4) is 0 Å². The summed E-state index contributed by atoms with van der Waals surface area (Å²) in [4.78, 5) is 0. The van der Waals surface area contributed by atoms with Gasteiger partial charge in [0.2, 0.25) is 0 Å². The molecule has 0 aromatic carbocycles. The van der Waals surface area contributed by atoms with Gasteiger partial charge in [-0.05, 0) is 24.7 Å². The lowest BCUT2D eigenvalue weighted by molar-refractivity contribution is 0.732. The molecule has 2 heteroatoms. The van der Waals surface area contributed by atoms with Crippen LogP contribution in [0.2, 0.25) is 0 Å². The highest BCUT2D eigenvalue weighted by atomic mass is 15.2. The summed E-state index contributed by atoms with van der Waals surface area (Å²) in [7, 11) is 0. The Kier molecular flexibility index (Phi) is 1.55. The molecule has 2 aliphatic rings. The molecule has 0 aromatic heterocycles. The van der Waals surface area contributed by atoms with Crippen molar-refractivity contribution in [3.8, 4) is 0 Å². The maximum absolute atomic E-state index is 4.16. The molecule has 1 atom stereocenters. The Balaban J connectivity index is 2.09. The van der Waals surface area contributed by atoms with E-state index in [2.05, 4.69) is 24.1 Å². The van der Waals surface area contributed by atoms with Crippen molar-refractivity contribution in [3.05, 3.63) is 0 Å². The fourth-order valence-electron chi connectivity index (χ4n) is 1.63. The predicted octanol–water partition coefficient (Wildman–Crippen LogP) is 2.11. The van der Waals surface area contributed by atoms with E-state index in [-0.39, 0.29) is 0 Å². The molecule has 0 bridgehead atoms. The van der Waals surface area contributed by atoms with Gasteiger partial charge in [0, 0.05) is 12.1 Å². The largest absolute Gasteiger partial charge is 0.163 e. The first-order valence-electron chi connectivity index (χ1n) is 4.40. The summed E-state index contributed by atoms with van der Waals surface area (Å²) in [5, 5.41) is 8.16. The molecule has 1 fully saturated rings. The Morgan fingerprint density at radius 3 is 2.73 bits per heavy atom. The Hall–Kier alpha value is -0.660. The third-order valence-corrected chi connectivity index (χ3v) is 2.46. The molecule has 1 aliphatic carbocycles. The lowest BCUT2D eigenvalue weighted by atomic mass is 9.92. The SMILES string of the molecule is CC(C)C1=NN=CC1C1CC1. The molecular weight excluding hydrogens is 136 g/mol. The van der Waals surface area contributed by atoms with Gasteiger partial charge in [-0.3, -0.25) is 0 Å². The Morgan fingerprint density at radius 2 is 2.18 bits per heavy atom. The third-order valence-electron chi connectivity index (χ3n) is 2.46. The fraction of sp³-hybridized carbons (Fsp3) is 0.778. The normalized spacial score (nSPS) is 29.7. The molecule has 11 heavy (non-hydrogen) atoms. The summed E-state index contributed by atoms with van der Waals surface area (Å²) >= 11 is 0. The zero-order chi connectivity index (χ0) is 7.84. The van der Waals surface area contributed by atoms with E-state index in [9.17, 15) is 0 Å². The zero-order valence-corrected chi connectivity index (χ0v) is 7.12. The Morgan fingerprint density at radius 1 is 1.45 bits per heavy atom. The quantitative estimate of drug-likeness (QED) is 0.576. The molecule has 1 unspecified atom stereocenters. The highest BCUT2D eigenvalue weighted by molar-refractivity contribution is 6.02. The molecule has 1 heterocycles. The molecule has 1 saturated carbocycles. The second kappa shape index (κ2) is 2.43. The van der Waals surface area contributed by atoms with Gasteiger partial charge in [-0.1, -0.05) is 13.8 Å². The summed E-state index contributed by atoms with van der Waals surface area (Å²) in [6.07, 6.45) is 4.78. The first kappa shape index (κ1) is 7.01. The van der Waals surface area contributed by atoms with Gasteiger partial charge < -0.3 is 0 Å². The van der Waals surface area contributed by atoms with Gasteiger partial charge in [0.15, 0.2) is 0 Å². The van der Waals surface area contributed by atoms with Crippen LogP contribution < -0.4 is 0 Å². The highest BCUT2D eigenvalue weighted by Gasteiger charge is 2.36. The van der Waals surface area contributed by atoms with Crippen LogP contribution in [0.1, 0.15) is 26.7 Å². The van der Waals surface area contributed by atoms with E-state index >= 15 is 0 Å². The average molecular weight is 150 g/mol. The summed E-state index contributed by atoms with van der Waals surface area (Å²) in [6, 6.07) is 0. The molecule has 0 saturated heterocycles. The summed E-state index contributed by atoms with van der Waals surface area (Å²) in [5.74, 6) is 2.04. The van der Waals surface area contributed by atoms with E-state index in [4.69, 9.17) is 0 Å². The second-order valence-electron chi connectivity index (χ2n) is 3.81. The monoisotopic (exact) mass is 150 g/mol. The van der Waals surface area contributed by atoms with Crippen LogP contribution in [0.4, 0.5) is 0 Å². The topological polar surface area (TPSA) is 24.7 Å². The van der Waals surface area contributed by atoms with E-state index in [0.717, 1.165) is 5.92 Å². The van der Waals surface area contributed by atoms with Crippen molar-refractivity contribution in [2.75, 3.05) is 0 Å². The summed E-state index contributed by atoms with van der Waals surface area (Å²) in [5.41, 5.74) is 1.30. The van der Waals surface area contributed by atoms with E-state index in [0.29, 0.717) is 11.8 Å². The first-order valence-corrected chi connectivity index (χ1v) is 4.40. The number of rotatable bonds is 2. The molecule has 0 aromatic rings. The average Bonchev–Trinajstić information content (AvgIpc) is 2.68. The van der Waals surface area contributed by atoms with Gasteiger partial charge in [0.25, 0.3) is 0 Å². The van der Waals surface area contributed by atoms with Gasteiger partial charge >= 0.3 is 0 Å². The molecule has 2 nitrogen and oxygen atoms in total. The van der Waals surface area contributed by atoms with Crippen LogP contribution >= 0.6 is 0 Å². The Labute approximate surface area is 67.4 Å². The standard InChI is InChI=1S/C9H14N2/c1-6(2)9-8(5-10-11-9)7-3-4-7/h5-8H,3-4H2,1-2H3. The van der Waals surface area contributed by atoms with Crippen LogP contribution in [-0.4, -0.2) is 11.9 Å².